The number of carbonyl (C=O) groups is 1. The molecule has 1 amide bonds. The highest BCUT2D eigenvalue weighted by Gasteiger charge is 2.16. The van der Waals surface area contributed by atoms with Gasteiger partial charge in [0.05, 0.1) is 10.4 Å². The molecule has 0 saturated carbocycles. The molecular weight excluding hydrogens is 302 g/mol. The first-order valence-electron chi connectivity index (χ1n) is 5.93. The molecule has 0 unspecified atom stereocenters. The first-order chi connectivity index (χ1) is 8.25. The minimum Gasteiger partial charge on any atom is -0.273 e. The van der Waals surface area contributed by atoms with Crippen molar-refractivity contribution in [2.75, 3.05) is 13.2 Å². The van der Waals surface area contributed by atoms with E-state index in [1.807, 2.05) is 0 Å². The van der Waals surface area contributed by atoms with Gasteiger partial charge in [-0.1, -0.05) is 0 Å². The van der Waals surface area contributed by atoms with Gasteiger partial charge in [0.15, 0.2) is 0 Å². The second-order valence-corrected chi connectivity index (χ2v) is 6.64. The Morgan fingerprint density at radius 2 is 2.35 bits per heavy atom. The Morgan fingerprint density at radius 1 is 1.47 bits per heavy atom. The zero-order valence-electron chi connectivity index (χ0n) is 9.65. The van der Waals surface area contributed by atoms with E-state index in [0.717, 1.165) is 36.0 Å². The van der Waals surface area contributed by atoms with E-state index in [4.69, 9.17) is 4.84 Å². The first-order valence-corrected chi connectivity index (χ1v) is 7.54. The summed E-state index contributed by atoms with van der Waals surface area (Å²) >= 11 is 5.17. The Bertz CT molecular complexity index is 374. The van der Waals surface area contributed by atoms with Gasteiger partial charge in [-0.2, -0.15) is 0 Å². The summed E-state index contributed by atoms with van der Waals surface area (Å²) in [6.07, 6.45) is 4.56. The Balaban J connectivity index is 1.69. The number of hydrogen-bond donors (Lipinski definition) is 0. The van der Waals surface area contributed by atoms with Crippen molar-refractivity contribution in [1.29, 1.82) is 0 Å². The van der Waals surface area contributed by atoms with Gasteiger partial charge >= 0.3 is 0 Å². The third kappa shape index (κ3) is 4.08. The highest BCUT2D eigenvalue weighted by Crippen LogP contribution is 2.23. The van der Waals surface area contributed by atoms with Crippen LogP contribution in [-0.4, -0.2) is 24.1 Å². The normalized spacial score (nSPS) is 16.2. The molecule has 0 spiro atoms. The average Bonchev–Trinajstić information content (AvgIpc) is 2.76. The van der Waals surface area contributed by atoms with Gasteiger partial charge in [-0.05, 0) is 53.7 Å². The molecule has 1 aromatic rings. The third-order valence-corrected chi connectivity index (χ3v) is 4.41. The first kappa shape index (κ1) is 13.1. The number of hydroxylamine groups is 2. The zero-order valence-corrected chi connectivity index (χ0v) is 12.1. The molecule has 94 valence electrons. The van der Waals surface area contributed by atoms with Crippen molar-refractivity contribution in [2.24, 2.45) is 0 Å². The summed E-state index contributed by atoms with van der Waals surface area (Å²) in [5.41, 5.74) is 0. The number of carbonyl (C=O) groups excluding carboxylic acids is 1. The minimum atomic E-state index is 0.125. The standard InChI is InChI=1S/C12H16BrNO2S/c13-11-7-6-10(17-11)4-3-5-12(15)14-8-1-2-9-16-14/h6-7H,1-5,8-9H2. The average molecular weight is 318 g/mol. The number of aryl methyl sites for hydroxylation is 1. The molecule has 1 aliphatic rings. The predicted molar refractivity (Wildman–Crippen MR) is 71.9 cm³/mol. The van der Waals surface area contributed by atoms with Crippen LogP contribution in [0.2, 0.25) is 0 Å². The van der Waals surface area contributed by atoms with Gasteiger partial charge in [0.1, 0.15) is 0 Å². The fraction of sp³-hybridized carbons (Fsp3) is 0.583. The summed E-state index contributed by atoms with van der Waals surface area (Å²) in [5, 5.41) is 1.54. The number of rotatable bonds is 4. The molecule has 3 nitrogen and oxygen atoms in total. The summed E-state index contributed by atoms with van der Waals surface area (Å²) in [5.74, 6) is 0.125. The maximum absolute atomic E-state index is 11.8. The van der Waals surface area contributed by atoms with Gasteiger partial charge in [-0.3, -0.25) is 9.63 Å². The van der Waals surface area contributed by atoms with E-state index in [2.05, 4.69) is 28.1 Å². The van der Waals surface area contributed by atoms with E-state index in [0.29, 0.717) is 13.0 Å². The summed E-state index contributed by atoms with van der Waals surface area (Å²) in [7, 11) is 0. The van der Waals surface area contributed by atoms with Crippen LogP contribution in [0.4, 0.5) is 0 Å². The molecule has 0 aromatic carbocycles. The van der Waals surface area contributed by atoms with Crippen LogP contribution in [0.3, 0.4) is 0 Å². The van der Waals surface area contributed by atoms with Crippen molar-refractivity contribution in [3.8, 4) is 0 Å². The van der Waals surface area contributed by atoms with Crippen molar-refractivity contribution < 1.29 is 9.63 Å². The van der Waals surface area contributed by atoms with E-state index < -0.39 is 0 Å². The van der Waals surface area contributed by atoms with E-state index in [1.54, 1.807) is 11.3 Å². The molecule has 0 bridgehead atoms. The Morgan fingerprint density at radius 3 is 3.00 bits per heavy atom. The van der Waals surface area contributed by atoms with Crippen molar-refractivity contribution in [1.82, 2.24) is 5.06 Å². The second kappa shape index (κ2) is 6.52. The lowest BCUT2D eigenvalue weighted by Gasteiger charge is -2.25. The Kier molecular flexibility index (Phi) is 5.00. The topological polar surface area (TPSA) is 29.5 Å². The van der Waals surface area contributed by atoms with E-state index in [1.165, 1.54) is 9.94 Å². The van der Waals surface area contributed by atoms with Gasteiger partial charge in [-0.25, -0.2) is 5.06 Å². The van der Waals surface area contributed by atoms with Crippen molar-refractivity contribution in [3.05, 3.63) is 20.8 Å². The molecular formula is C12H16BrNO2S. The number of hydrogen-bond acceptors (Lipinski definition) is 3. The van der Waals surface area contributed by atoms with E-state index >= 15 is 0 Å². The smallest absolute Gasteiger partial charge is 0.246 e. The molecule has 5 heteroatoms. The summed E-state index contributed by atoms with van der Waals surface area (Å²) in [4.78, 5) is 18.4. The van der Waals surface area contributed by atoms with E-state index in [9.17, 15) is 4.79 Å². The molecule has 0 radical (unpaired) electrons. The predicted octanol–water partition coefficient (Wildman–Crippen LogP) is 3.39. The monoisotopic (exact) mass is 317 g/mol. The number of amides is 1. The molecule has 17 heavy (non-hydrogen) atoms. The highest BCUT2D eigenvalue weighted by molar-refractivity contribution is 9.11. The lowest BCUT2D eigenvalue weighted by molar-refractivity contribution is -0.197. The van der Waals surface area contributed by atoms with Crippen LogP contribution in [0, 0.1) is 0 Å². The van der Waals surface area contributed by atoms with Gasteiger partial charge < -0.3 is 0 Å². The van der Waals surface area contributed by atoms with Crippen LogP contribution < -0.4 is 0 Å². The van der Waals surface area contributed by atoms with E-state index in [-0.39, 0.29) is 5.91 Å². The van der Waals surface area contributed by atoms with Gasteiger partial charge in [0, 0.05) is 17.8 Å². The van der Waals surface area contributed by atoms with Crippen molar-refractivity contribution in [3.63, 3.8) is 0 Å². The summed E-state index contributed by atoms with van der Waals surface area (Å²) in [6.45, 7) is 1.44. The fourth-order valence-electron chi connectivity index (χ4n) is 1.82. The molecule has 1 aliphatic heterocycles. The molecule has 0 N–H and O–H groups in total. The van der Waals surface area contributed by atoms with Crippen LogP contribution in [-0.2, 0) is 16.1 Å². The van der Waals surface area contributed by atoms with Crippen LogP contribution >= 0.6 is 27.3 Å². The number of thiophene rings is 1. The van der Waals surface area contributed by atoms with Gasteiger partial charge in [-0.15, -0.1) is 11.3 Å². The highest BCUT2D eigenvalue weighted by atomic mass is 79.9. The summed E-state index contributed by atoms with van der Waals surface area (Å²) < 4.78 is 1.15. The van der Waals surface area contributed by atoms with Crippen LogP contribution in [0.1, 0.15) is 30.6 Å². The number of nitrogens with zero attached hydrogens (tertiary/aromatic N) is 1. The molecule has 1 saturated heterocycles. The van der Waals surface area contributed by atoms with Crippen LogP contribution in [0.15, 0.2) is 15.9 Å². The second-order valence-electron chi connectivity index (χ2n) is 4.10. The molecule has 2 heterocycles. The molecule has 0 aliphatic carbocycles. The van der Waals surface area contributed by atoms with Crippen molar-refractivity contribution >= 4 is 33.2 Å². The van der Waals surface area contributed by atoms with Gasteiger partial charge in [0.2, 0.25) is 5.91 Å². The largest absolute Gasteiger partial charge is 0.273 e. The Labute approximate surface area is 114 Å². The number of halogens is 1. The Hall–Kier alpha value is -0.390. The third-order valence-electron chi connectivity index (χ3n) is 2.72. The molecule has 1 fully saturated rings. The van der Waals surface area contributed by atoms with Crippen molar-refractivity contribution in [2.45, 2.75) is 32.1 Å². The summed E-state index contributed by atoms with van der Waals surface area (Å²) in [6, 6.07) is 4.16. The SMILES string of the molecule is O=C(CCCc1ccc(Br)s1)N1CCCCO1. The van der Waals surface area contributed by atoms with Crippen LogP contribution in [0.25, 0.3) is 0 Å². The lowest BCUT2D eigenvalue weighted by Crippen LogP contribution is -2.35. The van der Waals surface area contributed by atoms with Crippen LogP contribution in [0.5, 0.6) is 0 Å². The molecule has 2 rings (SSSR count). The molecule has 1 aromatic heterocycles. The lowest BCUT2D eigenvalue weighted by atomic mass is 10.2. The quantitative estimate of drug-likeness (QED) is 0.852. The maximum Gasteiger partial charge on any atom is 0.246 e. The maximum atomic E-state index is 11.8. The zero-order chi connectivity index (χ0) is 12.1. The van der Waals surface area contributed by atoms with Gasteiger partial charge in [0.25, 0.3) is 0 Å². The molecule has 0 atom stereocenters. The fourth-order valence-corrected chi connectivity index (χ4v) is 3.34. The minimum absolute atomic E-state index is 0.125.